The van der Waals surface area contributed by atoms with Crippen molar-refractivity contribution in [1.82, 2.24) is 19.4 Å². The SMILES string of the molecule is CCCn1c(=O)n(CCC(=O)NCCCNc2ccc(C(F)(F)F)cn2)c2ccccc21. The molecular weight excluding hydrogens is 423 g/mol. The van der Waals surface area contributed by atoms with E-state index in [4.69, 9.17) is 0 Å². The Balaban J connectivity index is 1.43. The van der Waals surface area contributed by atoms with Crippen molar-refractivity contribution in [3.63, 3.8) is 0 Å². The summed E-state index contributed by atoms with van der Waals surface area (Å²) >= 11 is 0. The summed E-state index contributed by atoms with van der Waals surface area (Å²) in [5.74, 6) is 0.170. The number of aryl methyl sites for hydroxylation is 2. The van der Waals surface area contributed by atoms with E-state index >= 15 is 0 Å². The monoisotopic (exact) mass is 449 g/mol. The minimum atomic E-state index is -4.41. The van der Waals surface area contributed by atoms with Crippen LogP contribution in [0.4, 0.5) is 19.0 Å². The molecule has 0 bridgehead atoms. The molecule has 0 unspecified atom stereocenters. The average Bonchev–Trinajstić information content (AvgIpc) is 3.03. The van der Waals surface area contributed by atoms with Gasteiger partial charge in [-0.2, -0.15) is 13.2 Å². The zero-order valence-corrected chi connectivity index (χ0v) is 17.8. The first-order valence-corrected chi connectivity index (χ1v) is 10.5. The quantitative estimate of drug-likeness (QED) is 0.463. The van der Waals surface area contributed by atoms with Crippen LogP contribution in [-0.4, -0.2) is 33.1 Å². The van der Waals surface area contributed by atoms with Crippen LogP contribution in [0.5, 0.6) is 0 Å². The zero-order valence-electron chi connectivity index (χ0n) is 17.8. The molecule has 172 valence electrons. The second kappa shape index (κ2) is 10.3. The number of rotatable bonds is 10. The molecule has 0 aliphatic rings. The lowest BCUT2D eigenvalue weighted by atomic mass is 10.3. The minimum Gasteiger partial charge on any atom is -0.370 e. The number of aromatic nitrogens is 3. The van der Waals surface area contributed by atoms with Gasteiger partial charge in [0.2, 0.25) is 5.91 Å². The van der Waals surface area contributed by atoms with Crippen LogP contribution in [0.15, 0.2) is 47.4 Å². The summed E-state index contributed by atoms with van der Waals surface area (Å²) in [5.41, 5.74) is 0.760. The lowest BCUT2D eigenvalue weighted by Crippen LogP contribution is -2.29. The topological polar surface area (TPSA) is 81.0 Å². The molecule has 2 N–H and O–H groups in total. The molecule has 3 aromatic rings. The molecule has 10 heteroatoms. The van der Waals surface area contributed by atoms with Gasteiger partial charge in [-0.05, 0) is 37.1 Å². The van der Waals surface area contributed by atoms with E-state index in [2.05, 4.69) is 15.6 Å². The number of benzene rings is 1. The fourth-order valence-electron chi connectivity index (χ4n) is 3.43. The molecule has 0 aliphatic heterocycles. The standard InChI is InChI=1S/C22H26F3N5O2/c1-2-13-29-17-6-3-4-7-18(17)30(21(29)32)14-10-20(31)27-12-5-11-26-19-9-8-16(15-28-19)22(23,24)25/h3-4,6-9,15H,2,5,10-14H2,1H3,(H,26,28)(H,27,31). The Kier molecular flexibility index (Phi) is 7.55. The van der Waals surface area contributed by atoms with Gasteiger partial charge < -0.3 is 10.6 Å². The number of carbonyl (C=O) groups is 1. The number of carbonyl (C=O) groups excluding carboxylic acids is 1. The normalized spacial score (nSPS) is 11.6. The fourth-order valence-corrected chi connectivity index (χ4v) is 3.43. The summed E-state index contributed by atoms with van der Waals surface area (Å²) in [4.78, 5) is 28.6. The van der Waals surface area contributed by atoms with Crippen LogP contribution in [0, 0.1) is 0 Å². The Morgan fingerprint density at radius 3 is 2.31 bits per heavy atom. The Morgan fingerprint density at radius 2 is 1.72 bits per heavy atom. The van der Waals surface area contributed by atoms with Crippen LogP contribution in [0.2, 0.25) is 0 Å². The second-order valence-corrected chi connectivity index (χ2v) is 7.38. The van der Waals surface area contributed by atoms with Gasteiger partial charge in [0.15, 0.2) is 0 Å². The van der Waals surface area contributed by atoms with Crippen molar-refractivity contribution in [1.29, 1.82) is 0 Å². The van der Waals surface area contributed by atoms with Crippen LogP contribution in [0.25, 0.3) is 11.0 Å². The van der Waals surface area contributed by atoms with Crippen molar-refractivity contribution >= 4 is 22.8 Å². The van der Waals surface area contributed by atoms with E-state index in [1.54, 1.807) is 9.13 Å². The van der Waals surface area contributed by atoms with Gasteiger partial charge in [-0.1, -0.05) is 19.1 Å². The fraction of sp³-hybridized carbons (Fsp3) is 0.409. The van der Waals surface area contributed by atoms with Crippen molar-refractivity contribution in [2.75, 3.05) is 18.4 Å². The predicted molar refractivity (Wildman–Crippen MR) is 116 cm³/mol. The first-order chi connectivity index (χ1) is 15.3. The molecule has 1 amide bonds. The maximum absolute atomic E-state index is 12.7. The second-order valence-electron chi connectivity index (χ2n) is 7.38. The molecule has 2 heterocycles. The number of imidazole rings is 1. The van der Waals surface area contributed by atoms with Crippen molar-refractivity contribution in [3.05, 3.63) is 58.6 Å². The number of para-hydroxylation sites is 2. The Labute approximate surface area is 183 Å². The highest BCUT2D eigenvalue weighted by molar-refractivity contribution is 5.78. The smallest absolute Gasteiger partial charge is 0.370 e. The summed E-state index contributed by atoms with van der Waals surface area (Å²) in [5, 5.41) is 5.72. The van der Waals surface area contributed by atoms with Gasteiger partial charge >= 0.3 is 11.9 Å². The summed E-state index contributed by atoms with van der Waals surface area (Å²) < 4.78 is 41.0. The Hall–Kier alpha value is -3.30. The summed E-state index contributed by atoms with van der Waals surface area (Å²) in [6.45, 7) is 3.77. The van der Waals surface area contributed by atoms with E-state index in [0.29, 0.717) is 31.9 Å². The van der Waals surface area contributed by atoms with Crippen LogP contribution in [0.3, 0.4) is 0 Å². The largest absolute Gasteiger partial charge is 0.417 e. The maximum Gasteiger partial charge on any atom is 0.417 e. The number of amides is 1. The van der Waals surface area contributed by atoms with Gasteiger partial charge in [-0.25, -0.2) is 9.78 Å². The van der Waals surface area contributed by atoms with Crippen molar-refractivity contribution in [2.45, 2.75) is 45.5 Å². The van der Waals surface area contributed by atoms with E-state index in [-0.39, 0.29) is 24.6 Å². The average molecular weight is 449 g/mol. The van der Waals surface area contributed by atoms with Crippen molar-refractivity contribution < 1.29 is 18.0 Å². The first-order valence-electron chi connectivity index (χ1n) is 10.5. The number of nitrogens with zero attached hydrogens (tertiary/aromatic N) is 3. The first kappa shape index (κ1) is 23.4. The number of hydrogen-bond acceptors (Lipinski definition) is 4. The van der Waals surface area contributed by atoms with Gasteiger partial charge in [-0.15, -0.1) is 0 Å². The molecule has 0 saturated heterocycles. The number of hydrogen-bond donors (Lipinski definition) is 2. The molecule has 0 radical (unpaired) electrons. The van der Waals surface area contributed by atoms with Crippen LogP contribution in [-0.2, 0) is 24.1 Å². The maximum atomic E-state index is 12.7. The van der Waals surface area contributed by atoms with Gasteiger partial charge in [-0.3, -0.25) is 13.9 Å². The molecule has 7 nitrogen and oxygen atoms in total. The minimum absolute atomic E-state index is 0.117. The zero-order chi connectivity index (χ0) is 23.1. The third-order valence-corrected chi connectivity index (χ3v) is 5.01. The van der Waals surface area contributed by atoms with E-state index in [1.165, 1.54) is 6.07 Å². The van der Waals surface area contributed by atoms with Gasteiger partial charge in [0.05, 0.1) is 16.6 Å². The predicted octanol–water partition coefficient (Wildman–Crippen LogP) is 3.64. The number of halogens is 3. The summed E-state index contributed by atoms with van der Waals surface area (Å²) in [7, 11) is 0. The lowest BCUT2D eigenvalue weighted by molar-refractivity contribution is -0.137. The third-order valence-electron chi connectivity index (χ3n) is 5.01. The highest BCUT2D eigenvalue weighted by Crippen LogP contribution is 2.28. The molecule has 32 heavy (non-hydrogen) atoms. The van der Waals surface area contributed by atoms with E-state index in [0.717, 1.165) is 29.7 Å². The number of nitrogens with one attached hydrogen (secondary N) is 2. The van der Waals surface area contributed by atoms with Gasteiger partial charge in [0, 0.05) is 38.8 Å². The van der Waals surface area contributed by atoms with Crippen LogP contribution in [0.1, 0.15) is 31.7 Å². The van der Waals surface area contributed by atoms with E-state index < -0.39 is 11.7 Å². The number of anilines is 1. The van der Waals surface area contributed by atoms with Crippen molar-refractivity contribution in [3.8, 4) is 0 Å². The Bertz CT molecular complexity index is 1100. The van der Waals surface area contributed by atoms with E-state index in [1.807, 2.05) is 31.2 Å². The molecule has 0 fully saturated rings. The molecule has 0 saturated carbocycles. The molecule has 0 atom stereocenters. The molecule has 1 aromatic carbocycles. The Morgan fingerprint density at radius 1 is 1.03 bits per heavy atom. The molecule has 0 spiro atoms. The number of pyridine rings is 1. The molecule has 3 rings (SSSR count). The third kappa shape index (κ3) is 5.68. The van der Waals surface area contributed by atoms with E-state index in [9.17, 15) is 22.8 Å². The molecule has 0 aliphatic carbocycles. The highest BCUT2D eigenvalue weighted by Gasteiger charge is 2.30. The van der Waals surface area contributed by atoms with Crippen LogP contribution < -0.4 is 16.3 Å². The number of fused-ring (bicyclic) bond motifs is 1. The highest BCUT2D eigenvalue weighted by atomic mass is 19.4. The van der Waals surface area contributed by atoms with Gasteiger partial charge in [0.25, 0.3) is 0 Å². The van der Waals surface area contributed by atoms with Crippen LogP contribution >= 0.6 is 0 Å². The molecule has 2 aromatic heterocycles. The van der Waals surface area contributed by atoms with Crippen molar-refractivity contribution in [2.24, 2.45) is 0 Å². The summed E-state index contributed by atoms with van der Waals surface area (Å²) in [6, 6.07) is 9.78. The lowest BCUT2D eigenvalue weighted by Gasteiger charge is -2.09. The van der Waals surface area contributed by atoms with Gasteiger partial charge in [0.1, 0.15) is 5.82 Å². The molecular formula is C22H26F3N5O2. The summed E-state index contributed by atoms with van der Waals surface area (Å²) in [6.07, 6.45) is -2.04. The number of alkyl halides is 3.